The van der Waals surface area contributed by atoms with Crippen LogP contribution in [0.3, 0.4) is 0 Å². The highest BCUT2D eigenvalue weighted by molar-refractivity contribution is 6.29. The Morgan fingerprint density at radius 2 is 1.97 bits per heavy atom. The molecule has 3 rings (SSSR count). The Balaban J connectivity index is 1.88. The number of anilines is 1. The number of aromatic nitrogens is 4. The molecule has 0 saturated heterocycles. The summed E-state index contributed by atoms with van der Waals surface area (Å²) in [6.45, 7) is 5.44. The minimum absolute atomic E-state index is 0.0810. The van der Waals surface area contributed by atoms with Crippen molar-refractivity contribution in [3.8, 4) is 22.8 Å². The summed E-state index contributed by atoms with van der Waals surface area (Å²) in [6, 6.07) is 7.07. The predicted molar refractivity (Wildman–Crippen MR) is 125 cm³/mol. The summed E-state index contributed by atoms with van der Waals surface area (Å²) in [6.07, 6.45) is 7.17. The van der Waals surface area contributed by atoms with Gasteiger partial charge in [0.15, 0.2) is 11.5 Å². The van der Waals surface area contributed by atoms with E-state index in [1.165, 1.54) is 4.90 Å². The Morgan fingerprint density at radius 1 is 1.25 bits per heavy atom. The van der Waals surface area contributed by atoms with Crippen molar-refractivity contribution in [3.05, 3.63) is 77.3 Å². The number of benzene rings is 1. The first-order valence-corrected chi connectivity index (χ1v) is 10.1. The van der Waals surface area contributed by atoms with E-state index in [0.717, 1.165) is 11.1 Å². The molecular weight excluding hydrogens is 428 g/mol. The fourth-order valence-corrected chi connectivity index (χ4v) is 2.93. The highest BCUT2D eigenvalue weighted by Crippen LogP contribution is 2.26. The van der Waals surface area contributed by atoms with Gasteiger partial charge in [-0.25, -0.2) is 9.97 Å². The van der Waals surface area contributed by atoms with E-state index in [1.54, 1.807) is 63.6 Å². The van der Waals surface area contributed by atoms with Crippen LogP contribution in [-0.2, 0) is 6.42 Å². The molecule has 0 unspecified atom stereocenters. The fourth-order valence-electron chi connectivity index (χ4n) is 2.80. The van der Waals surface area contributed by atoms with E-state index in [9.17, 15) is 4.79 Å². The molecule has 0 spiro atoms. The van der Waals surface area contributed by atoms with Gasteiger partial charge in [-0.05, 0) is 24.6 Å². The fraction of sp³-hybridized carbons (Fsp3) is 0.174. The molecule has 0 radical (unpaired) electrons. The first-order valence-electron chi connectivity index (χ1n) is 9.72. The zero-order valence-electron chi connectivity index (χ0n) is 18.0. The van der Waals surface area contributed by atoms with E-state index in [-0.39, 0.29) is 23.3 Å². The second-order valence-corrected chi connectivity index (χ2v) is 7.66. The van der Waals surface area contributed by atoms with Gasteiger partial charge in [0.25, 0.3) is 11.8 Å². The van der Waals surface area contributed by atoms with Crippen molar-refractivity contribution in [1.82, 2.24) is 25.1 Å². The molecule has 0 saturated carbocycles. The third-order valence-corrected chi connectivity index (χ3v) is 4.76. The maximum atomic E-state index is 12.1. The Bertz CT molecular complexity index is 1190. The molecule has 2 heterocycles. The van der Waals surface area contributed by atoms with Crippen LogP contribution in [0.25, 0.3) is 22.8 Å². The Kier molecular flexibility index (Phi) is 7.17. The molecule has 0 aliphatic heterocycles. The average Bonchev–Trinajstić information content (AvgIpc) is 3.24. The van der Waals surface area contributed by atoms with E-state index in [0.29, 0.717) is 28.6 Å². The lowest BCUT2D eigenvalue weighted by molar-refractivity contribution is 0.0827. The largest absolute Gasteiger partial charge is 0.419 e. The Morgan fingerprint density at radius 3 is 2.59 bits per heavy atom. The molecule has 0 atom stereocenters. The quantitative estimate of drug-likeness (QED) is 0.535. The highest BCUT2D eigenvalue weighted by Gasteiger charge is 2.17. The van der Waals surface area contributed by atoms with Gasteiger partial charge in [-0.15, -0.1) is 10.2 Å². The smallest absolute Gasteiger partial charge is 0.270 e. The van der Waals surface area contributed by atoms with Crippen LogP contribution in [-0.4, -0.2) is 45.1 Å². The maximum Gasteiger partial charge on any atom is 0.270 e. The number of nitrogen functional groups attached to an aromatic ring is 1. The number of hydrogen-bond donors (Lipinski definition) is 1. The molecule has 32 heavy (non-hydrogen) atoms. The summed E-state index contributed by atoms with van der Waals surface area (Å²) in [5.74, 6) is 0.606. The lowest BCUT2D eigenvalue weighted by atomic mass is 10.1. The van der Waals surface area contributed by atoms with Crippen LogP contribution < -0.4 is 5.73 Å². The second kappa shape index (κ2) is 10.0. The van der Waals surface area contributed by atoms with Crippen molar-refractivity contribution < 1.29 is 9.21 Å². The first-order chi connectivity index (χ1) is 15.3. The molecule has 0 bridgehead atoms. The van der Waals surface area contributed by atoms with Crippen molar-refractivity contribution >= 4 is 23.3 Å². The van der Waals surface area contributed by atoms with Crippen molar-refractivity contribution in [2.45, 2.75) is 13.3 Å². The zero-order chi connectivity index (χ0) is 23.3. The van der Waals surface area contributed by atoms with Crippen LogP contribution in [0, 0.1) is 0 Å². The lowest BCUT2D eigenvalue weighted by Gasteiger charge is -2.10. The minimum Gasteiger partial charge on any atom is -0.419 e. The number of hydrogen-bond acceptors (Lipinski definition) is 7. The molecule has 3 aromatic rings. The molecule has 1 amide bonds. The third kappa shape index (κ3) is 5.28. The summed E-state index contributed by atoms with van der Waals surface area (Å²) in [5.41, 5.74) is 9.03. The van der Waals surface area contributed by atoms with Crippen LogP contribution in [0.15, 0.2) is 70.3 Å². The normalized spacial score (nSPS) is 12.0. The summed E-state index contributed by atoms with van der Waals surface area (Å²) in [7, 11) is 3.41. The summed E-state index contributed by atoms with van der Waals surface area (Å²) < 4.78 is 5.77. The van der Waals surface area contributed by atoms with Crippen LogP contribution in [0.2, 0.25) is 0 Å². The maximum absolute atomic E-state index is 12.1. The SMILES string of the molecule is C=CC=CC(Cc1nnc(-c2nc(-c3ccc(C(=O)N(C)C)cc3)cnc2N)o1)=C(C)Cl. The number of allylic oxidation sites excluding steroid dienone is 5. The monoisotopic (exact) mass is 450 g/mol. The van der Waals surface area contributed by atoms with E-state index in [4.69, 9.17) is 21.8 Å². The Labute approximate surface area is 191 Å². The van der Waals surface area contributed by atoms with Crippen molar-refractivity contribution in [1.29, 1.82) is 0 Å². The van der Waals surface area contributed by atoms with Crippen molar-refractivity contribution in [2.75, 3.05) is 19.8 Å². The number of nitrogens with zero attached hydrogens (tertiary/aromatic N) is 5. The van der Waals surface area contributed by atoms with Crippen LogP contribution >= 0.6 is 11.6 Å². The number of rotatable bonds is 7. The molecule has 0 aliphatic rings. The predicted octanol–water partition coefficient (Wildman–Crippen LogP) is 4.28. The van der Waals surface area contributed by atoms with Gasteiger partial charge in [-0.1, -0.05) is 48.5 Å². The number of amides is 1. The highest BCUT2D eigenvalue weighted by atomic mass is 35.5. The lowest BCUT2D eigenvalue weighted by Crippen LogP contribution is -2.21. The van der Waals surface area contributed by atoms with Crippen LogP contribution in [0.4, 0.5) is 5.82 Å². The van der Waals surface area contributed by atoms with Gasteiger partial charge < -0.3 is 15.1 Å². The van der Waals surface area contributed by atoms with Gasteiger partial charge in [0, 0.05) is 30.3 Å². The standard InChI is InChI=1S/C23H23ClN6O2/c1-5-6-7-17(14(2)24)12-19-28-29-22(32-19)20-21(25)26-13-18(27-20)15-8-10-16(11-9-15)23(31)30(3)4/h5-11,13H,1,12H2,2-4H3,(H2,25,26). The van der Waals surface area contributed by atoms with E-state index >= 15 is 0 Å². The molecule has 9 heteroatoms. The van der Waals surface area contributed by atoms with Crippen molar-refractivity contribution in [3.63, 3.8) is 0 Å². The van der Waals surface area contributed by atoms with Crippen molar-refractivity contribution in [2.24, 2.45) is 0 Å². The summed E-state index contributed by atoms with van der Waals surface area (Å²) in [4.78, 5) is 22.4. The number of carbonyl (C=O) groups is 1. The van der Waals surface area contributed by atoms with Gasteiger partial charge >= 0.3 is 0 Å². The molecular formula is C23H23ClN6O2. The Hall–Kier alpha value is -3.78. The summed E-state index contributed by atoms with van der Waals surface area (Å²) in [5, 5.41) is 8.76. The van der Waals surface area contributed by atoms with Gasteiger partial charge in [-0.2, -0.15) is 0 Å². The summed E-state index contributed by atoms with van der Waals surface area (Å²) >= 11 is 6.15. The number of halogens is 1. The molecule has 0 aliphatic carbocycles. The topological polar surface area (TPSA) is 111 Å². The molecule has 2 aromatic heterocycles. The molecule has 8 nitrogen and oxygen atoms in total. The molecule has 1 aromatic carbocycles. The zero-order valence-corrected chi connectivity index (χ0v) is 18.8. The van der Waals surface area contributed by atoms with Gasteiger partial charge in [0.05, 0.1) is 18.3 Å². The van der Waals surface area contributed by atoms with Gasteiger partial charge in [-0.3, -0.25) is 4.79 Å². The van der Waals surface area contributed by atoms with Crippen LogP contribution in [0.1, 0.15) is 23.2 Å². The minimum atomic E-state index is -0.0810. The van der Waals surface area contributed by atoms with E-state index in [2.05, 4.69) is 26.7 Å². The van der Waals surface area contributed by atoms with E-state index in [1.807, 2.05) is 6.08 Å². The van der Waals surface area contributed by atoms with Crippen LogP contribution in [0.5, 0.6) is 0 Å². The van der Waals surface area contributed by atoms with Gasteiger partial charge in [0.2, 0.25) is 5.89 Å². The first kappa shape index (κ1) is 22.9. The number of carbonyl (C=O) groups excluding carboxylic acids is 1. The molecule has 2 N–H and O–H groups in total. The number of nitrogens with two attached hydrogens (primary N) is 1. The molecule has 0 fully saturated rings. The van der Waals surface area contributed by atoms with Gasteiger partial charge in [0.1, 0.15) is 0 Å². The average molecular weight is 451 g/mol. The van der Waals surface area contributed by atoms with E-state index < -0.39 is 0 Å². The second-order valence-electron chi connectivity index (χ2n) is 7.10. The third-order valence-electron chi connectivity index (χ3n) is 4.52. The molecule has 164 valence electrons.